The van der Waals surface area contributed by atoms with E-state index in [-0.39, 0.29) is 0 Å². The second kappa shape index (κ2) is 2.94. The molecule has 0 aromatic rings. The number of hydrogen-bond acceptors (Lipinski definition) is 0. The number of allylic oxidation sites excluding steroid dienone is 2. The third-order valence-electron chi connectivity index (χ3n) is 0.604. The van der Waals surface area contributed by atoms with Crippen LogP contribution in [-0.4, -0.2) is 12.9 Å². The molecular weight excluding hydrogens is 162 g/mol. The van der Waals surface area contributed by atoms with Gasteiger partial charge in [0, 0.05) is 0 Å². The Morgan fingerprint density at radius 1 is 1.10 bits per heavy atom. The van der Waals surface area contributed by atoms with Gasteiger partial charge in [-0.05, 0) is 0 Å². The molecule has 0 amide bonds. The molecule has 0 saturated heterocycles. The molecule has 0 fully saturated rings. The Kier molecular flexibility index (Phi) is 2.74. The van der Waals surface area contributed by atoms with Crippen molar-refractivity contribution in [1.82, 2.24) is 0 Å². The molecule has 0 bridgehead atoms. The highest BCUT2D eigenvalue weighted by atomic mass is 19.4. The van der Waals surface area contributed by atoms with Gasteiger partial charge in [0.2, 0.25) is 5.83 Å². The van der Waals surface area contributed by atoms with Crippen molar-refractivity contribution in [2.45, 2.75) is 6.18 Å². The lowest BCUT2D eigenvalue weighted by atomic mass is 10.4. The van der Waals surface area contributed by atoms with Gasteiger partial charge in [-0.2, -0.15) is 17.6 Å². The summed E-state index contributed by atoms with van der Waals surface area (Å²) in [6, 6.07) is 0. The smallest absolute Gasteiger partial charge is 0.243 e. The van der Waals surface area contributed by atoms with Gasteiger partial charge in [0.05, 0.1) is 0 Å². The van der Waals surface area contributed by atoms with Gasteiger partial charge in [-0.3, -0.25) is 0 Å². The van der Waals surface area contributed by atoms with Crippen molar-refractivity contribution >= 4 is 0 Å². The first-order chi connectivity index (χ1) is 4.39. The lowest BCUT2D eigenvalue weighted by molar-refractivity contribution is -0.111. The van der Waals surface area contributed by atoms with Crippen LogP contribution in [0.4, 0.5) is 26.3 Å². The van der Waals surface area contributed by atoms with Crippen molar-refractivity contribution in [2.75, 3.05) is 6.67 Å². The third-order valence-corrected chi connectivity index (χ3v) is 0.604. The predicted molar refractivity (Wildman–Crippen MR) is 21.3 cm³/mol. The number of alkyl halides is 4. The van der Waals surface area contributed by atoms with Gasteiger partial charge < -0.3 is 0 Å². The molecule has 0 N–H and O–H groups in total. The largest absolute Gasteiger partial charge is 0.445 e. The van der Waals surface area contributed by atoms with Crippen molar-refractivity contribution in [3.05, 3.63) is 11.7 Å². The highest BCUT2D eigenvalue weighted by Crippen LogP contribution is 2.29. The molecule has 0 aromatic carbocycles. The Bertz CT molecular complexity index is 142. The number of hydrogen-bond donors (Lipinski definition) is 0. The Hall–Kier alpha value is -0.680. The molecule has 0 nitrogen and oxygen atoms in total. The van der Waals surface area contributed by atoms with Crippen LogP contribution in [-0.2, 0) is 0 Å². The van der Waals surface area contributed by atoms with Crippen molar-refractivity contribution in [3.8, 4) is 0 Å². The lowest BCUT2D eigenvalue weighted by Crippen LogP contribution is -2.09. The van der Waals surface area contributed by atoms with Crippen LogP contribution in [0, 0.1) is 0 Å². The van der Waals surface area contributed by atoms with Gasteiger partial charge in [-0.25, -0.2) is 8.78 Å². The minimum atomic E-state index is -5.42. The Balaban J connectivity index is 4.47. The van der Waals surface area contributed by atoms with Crippen LogP contribution >= 0.6 is 0 Å². The van der Waals surface area contributed by atoms with E-state index in [1.807, 2.05) is 0 Å². The van der Waals surface area contributed by atoms with Gasteiger partial charge in [0.1, 0.15) is 6.67 Å². The normalized spacial score (nSPS) is 15.0. The van der Waals surface area contributed by atoms with E-state index in [9.17, 15) is 26.3 Å². The van der Waals surface area contributed by atoms with Gasteiger partial charge in [0.25, 0.3) is 0 Å². The zero-order chi connectivity index (χ0) is 8.36. The average molecular weight is 164 g/mol. The fraction of sp³-hybridized carbons (Fsp3) is 0.500. The first-order valence-electron chi connectivity index (χ1n) is 2.07. The molecular formula is C4H2F6. The predicted octanol–water partition coefficient (Wildman–Crippen LogP) is 2.67. The molecule has 0 heterocycles. The summed E-state index contributed by atoms with van der Waals surface area (Å²) in [4.78, 5) is 0. The van der Waals surface area contributed by atoms with Crippen molar-refractivity contribution in [3.63, 3.8) is 0 Å². The maximum absolute atomic E-state index is 11.4. The van der Waals surface area contributed by atoms with E-state index in [1.165, 1.54) is 0 Å². The van der Waals surface area contributed by atoms with E-state index in [0.717, 1.165) is 0 Å². The van der Waals surface area contributed by atoms with Gasteiger partial charge in [-0.15, -0.1) is 0 Å². The van der Waals surface area contributed by atoms with Crippen LogP contribution in [0.5, 0.6) is 0 Å². The zero-order valence-electron chi connectivity index (χ0n) is 4.47. The molecule has 0 spiro atoms. The minimum Gasteiger partial charge on any atom is -0.243 e. The molecule has 10 heavy (non-hydrogen) atoms. The summed E-state index contributed by atoms with van der Waals surface area (Å²) < 4.78 is 67.0. The summed E-state index contributed by atoms with van der Waals surface area (Å²) in [6.07, 6.45) is -5.42. The van der Waals surface area contributed by atoms with Gasteiger partial charge in [-0.1, -0.05) is 0 Å². The average Bonchev–Trinajstić information content (AvgIpc) is 1.83. The molecule has 0 aliphatic rings. The molecule has 0 aliphatic carbocycles. The molecule has 0 atom stereocenters. The summed E-state index contributed by atoms with van der Waals surface area (Å²) >= 11 is 0. The van der Waals surface area contributed by atoms with E-state index >= 15 is 0 Å². The molecule has 0 unspecified atom stereocenters. The van der Waals surface area contributed by atoms with Crippen LogP contribution in [0.1, 0.15) is 0 Å². The molecule has 6 heteroatoms. The molecule has 0 saturated carbocycles. The summed E-state index contributed by atoms with van der Waals surface area (Å²) in [7, 11) is 0. The highest BCUT2D eigenvalue weighted by Gasteiger charge is 2.37. The summed E-state index contributed by atoms with van der Waals surface area (Å²) in [5, 5.41) is 0. The Morgan fingerprint density at radius 3 is 1.60 bits per heavy atom. The second-order valence-corrected chi connectivity index (χ2v) is 1.35. The second-order valence-electron chi connectivity index (χ2n) is 1.35. The van der Waals surface area contributed by atoms with Crippen molar-refractivity contribution < 1.29 is 26.3 Å². The van der Waals surface area contributed by atoms with E-state index in [0.29, 0.717) is 0 Å². The van der Waals surface area contributed by atoms with E-state index < -0.39 is 24.5 Å². The summed E-state index contributed by atoms with van der Waals surface area (Å²) in [6.45, 7) is -2.08. The quantitative estimate of drug-likeness (QED) is 0.522. The molecule has 0 aromatic heterocycles. The first kappa shape index (κ1) is 9.32. The van der Waals surface area contributed by atoms with Crippen molar-refractivity contribution in [2.24, 2.45) is 0 Å². The minimum absolute atomic E-state index is 2.08. The van der Waals surface area contributed by atoms with E-state index in [4.69, 9.17) is 0 Å². The third kappa shape index (κ3) is 2.28. The van der Waals surface area contributed by atoms with Crippen LogP contribution in [0.2, 0.25) is 0 Å². The fourth-order valence-corrected chi connectivity index (χ4v) is 0.212. The SMILES string of the molecule is FC/C(F)=C(/F)C(F)(F)F. The molecule has 60 valence electrons. The number of halogens is 6. The first-order valence-corrected chi connectivity index (χ1v) is 2.07. The van der Waals surface area contributed by atoms with Gasteiger partial charge in [0.15, 0.2) is 5.83 Å². The van der Waals surface area contributed by atoms with Crippen LogP contribution < -0.4 is 0 Å². The molecule has 0 rings (SSSR count). The topological polar surface area (TPSA) is 0 Å². The number of rotatable bonds is 1. The van der Waals surface area contributed by atoms with Crippen LogP contribution in [0.25, 0.3) is 0 Å². The summed E-state index contributed by atoms with van der Waals surface area (Å²) in [5.41, 5.74) is 0. The van der Waals surface area contributed by atoms with E-state index in [2.05, 4.69) is 0 Å². The van der Waals surface area contributed by atoms with Gasteiger partial charge >= 0.3 is 6.18 Å². The molecule has 0 radical (unpaired) electrons. The van der Waals surface area contributed by atoms with Crippen LogP contribution in [0.15, 0.2) is 11.7 Å². The maximum atomic E-state index is 11.4. The monoisotopic (exact) mass is 164 g/mol. The standard InChI is InChI=1S/C4H2F6/c5-1-2(6)3(7)4(8,9)10/h1H2/b3-2-. The highest BCUT2D eigenvalue weighted by molar-refractivity contribution is 5.05. The zero-order valence-corrected chi connectivity index (χ0v) is 4.47. The van der Waals surface area contributed by atoms with Crippen molar-refractivity contribution in [1.29, 1.82) is 0 Å². The van der Waals surface area contributed by atoms with Crippen LogP contribution in [0.3, 0.4) is 0 Å². The molecule has 0 aliphatic heterocycles. The maximum Gasteiger partial charge on any atom is 0.445 e. The lowest BCUT2D eigenvalue weighted by Gasteiger charge is -2.01. The summed E-state index contributed by atoms with van der Waals surface area (Å²) in [5.74, 6) is -5.43. The van der Waals surface area contributed by atoms with E-state index in [1.54, 1.807) is 0 Å². The Labute approximate surface area is 52.1 Å². The Morgan fingerprint density at radius 2 is 1.50 bits per heavy atom. The fourth-order valence-electron chi connectivity index (χ4n) is 0.212.